The van der Waals surface area contributed by atoms with E-state index in [2.05, 4.69) is 15.3 Å². The maximum Gasteiger partial charge on any atom is 0.325 e. The third-order valence-electron chi connectivity index (χ3n) is 3.03. The molecule has 0 aromatic carbocycles. The zero-order valence-electron chi connectivity index (χ0n) is 10.2. The summed E-state index contributed by atoms with van der Waals surface area (Å²) < 4.78 is 5.19. The second-order valence-corrected chi connectivity index (χ2v) is 4.40. The lowest BCUT2D eigenvalue weighted by Crippen LogP contribution is -2.61. The van der Waals surface area contributed by atoms with Gasteiger partial charge in [0.25, 0.3) is 0 Å². The van der Waals surface area contributed by atoms with E-state index in [1.807, 2.05) is 0 Å². The van der Waals surface area contributed by atoms with Gasteiger partial charge < -0.3 is 31.1 Å². The first-order valence-electron chi connectivity index (χ1n) is 5.69. The average molecular weight is 286 g/mol. The Labute approximate surface area is 112 Å². The number of hydrogen-bond donors (Lipinski definition) is 5. The highest BCUT2D eigenvalue weighted by atomic mass is 16.6. The fraction of sp³-hybridized carbons (Fsp3) is 0.667. The van der Waals surface area contributed by atoms with E-state index >= 15 is 0 Å². The number of carbonyl (C=O) groups excluding carboxylic acids is 1. The minimum atomic E-state index is -1.71. The molecule has 0 aromatic rings. The van der Waals surface area contributed by atoms with Crippen LogP contribution in [0.25, 0.3) is 10.4 Å². The van der Waals surface area contributed by atoms with Crippen molar-refractivity contribution in [1.82, 2.24) is 10.2 Å². The highest BCUT2D eigenvalue weighted by molar-refractivity contribution is 5.78. The van der Waals surface area contributed by atoms with Crippen LogP contribution < -0.4 is 11.1 Å². The summed E-state index contributed by atoms with van der Waals surface area (Å²) in [5.74, 6) is -1.71. The molecule has 6 N–H and O–H groups in total. The Hall–Kier alpha value is -1.88. The van der Waals surface area contributed by atoms with Crippen LogP contribution in [0.1, 0.15) is 0 Å². The van der Waals surface area contributed by atoms with Gasteiger partial charge >= 0.3 is 6.03 Å². The lowest BCUT2D eigenvalue weighted by molar-refractivity contribution is -0.0668. The van der Waals surface area contributed by atoms with Gasteiger partial charge in [0.05, 0.1) is 6.61 Å². The highest BCUT2D eigenvalue weighted by Crippen LogP contribution is 2.26. The molecule has 0 aliphatic carbocycles. The molecule has 11 heteroatoms. The highest BCUT2D eigenvalue weighted by Gasteiger charge is 2.47. The molecule has 0 bridgehead atoms. The van der Waals surface area contributed by atoms with Crippen LogP contribution in [0.4, 0.5) is 4.79 Å². The van der Waals surface area contributed by atoms with Crippen molar-refractivity contribution in [3.63, 3.8) is 0 Å². The Morgan fingerprint density at radius 2 is 2.30 bits per heavy atom. The molecule has 0 radical (unpaired) electrons. The van der Waals surface area contributed by atoms with Gasteiger partial charge in [0.1, 0.15) is 18.3 Å². The molecule has 0 saturated carbocycles. The predicted octanol–water partition coefficient (Wildman–Crippen LogP) is -2.11. The predicted molar refractivity (Wildman–Crippen MR) is 63.3 cm³/mol. The lowest BCUT2D eigenvalue weighted by atomic mass is 10.1. The van der Waals surface area contributed by atoms with Gasteiger partial charge in [-0.25, -0.2) is 4.79 Å². The van der Waals surface area contributed by atoms with Gasteiger partial charge in [-0.05, 0) is 16.7 Å². The first-order chi connectivity index (χ1) is 9.41. The summed E-state index contributed by atoms with van der Waals surface area (Å²) in [4.78, 5) is 15.3. The molecule has 2 amide bonds. The third kappa shape index (κ3) is 2.41. The van der Waals surface area contributed by atoms with E-state index < -0.39 is 43.0 Å². The number of ether oxygens (including phenoxy) is 1. The smallest absolute Gasteiger partial charge is 0.325 e. The number of aliphatic hydroxyl groups is 3. The van der Waals surface area contributed by atoms with Crippen LogP contribution in [-0.4, -0.2) is 63.2 Å². The number of carbonyl (C=O) groups is 1. The molecule has 0 aromatic heterocycles. The molecular weight excluding hydrogens is 272 g/mol. The molecule has 5 atom stereocenters. The number of nitrogens with zero attached hydrogens (tertiary/aromatic N) is 4. The van der Waals surface area contributed by atoms with Crippen molar-refractivity contribution in [2.75, 3.05) is 6.61 Å². The Morgan fingerprint density at radius 1 is 1.60 bits per heavy atom. The van der Waals surface area contributed by atoms with Gasteiger partial charge in [-0.1, -0.05) is 0 Å². The maximum absolute atomic E-state index is 11.9. The third-order valence-corrected chi connectivity index (χ3v) is 3.03. The fourth-order valence-electron chi connectivity index (χ4n) is 1.98. The Balaban J connectivity index is 2.19. The van der Waals surface area contributed by atoms with Crippen LogP contribution in [0, 0.1) is 0 Å². The molecular formula is C9H14N6O5. The summed E-state index contributed by atoms with van der Waals surface area (Å²) in [6.45, 7) is -0.506. The standard InChI is InChI=1S/C9H14N6O5/c10-9(13-14-11)1-2-15(8(19)12-9)7-6(18)5(17)4(3-16)20-7/h1-2,4-7,16-18H,3,10H2,(H,12,19)/t4-,5-,6-,7-,9?/m1/s1. The summed E-state index contributed by atoms with van der Waals surface area (Å²) in [7, 11) is 0. The van der Waals surface area contributed by atoms with E-state index in [1.54, 1.807) is 0 Å². The quantitative estimate of drug-likeness (QED) is 0.225. The SMILES string of the molecule is [N-]=[N+]=NC1(N)C=CN([C@@H]2O[C@H](CO)[C@@H](O)[C@H]2O)C(=O)N1. The number of hydrogen-bond acceptors (Lipinski definition) is 7. The topological polar surface area (TPSA) is 177 Å². The van der Waals surface area contributed by atoms with E-state index in [9.17, 15) is 15.0 Å². The van der Waals surface area contributed by atoms with Crippen molar-refractivity contribution >= 4 is 6.03 Å². The minimum absolute atomic E-state index is 0.506. The monoisotopic (exact) mass is 286 g/mol. The summed E-state index contributed by atoms with van der Waals surface area (Å²) >= 11 is 0. The van der Waals surface area contributed by atoms with Crippen molar-refractivity contribution in [2.24, 2.45) is 10.8 Å². The van der Waals surface area contributed by atoms with E-state index in [1.165, 1.54) is 12.3 Å². The zero-order valence-corrected chi connectivity index (χ0v) is 10.2. The van der Waals surface area contributed by atoms with Crippen LogP contribution in [-0.2, 0) is 4.74 Å². The molecule has 20 heavy (non-hydrogen) atoms. The van der Waals surface area contributed by atoms with E-state index in [0.29, 0.717) is 0 Å². The van der Waals surface area contributed by atoms with E-state index in [4.69, 9.17) is 21.1 Å². The molecule has 2 heterocycles. The Kier molecular flexibility index (Phi) is 3.81. The second-order valence-electron chi connectivity index (χ2n) is 4.40. The second kappa shape index (κ2) is 5.25. The van der Waals surface area contributed by atoms with Crippen LogP contribution in [0.5, 0.6) is 0 Å². The first kappa shape index (κ1) is 14.5. The summed E-state index contributed by atoms with van der Waals surface area (Å²) in [6, 6.07) is -0.780. The van der Waals surface area contributed by atoms with Crippen LogP contribution in [0.2, 0.25) is 0 Å². The van der Waals surface area contributed by atoms with Gasteiger partial charge in [0, 0.05) is 11.1 Å². The number of urea groups is 1. The fourth-order valence-corrected chi connectivity index (χ4v) is 1.98. The van der Waals surface area contributed by atoms with Crippen LogP contribution in [0.15, 0.2) is 17.4 Å². The minimum Gasteiger partial charge on any atom is -0.394 e. The first-order valence-corrected chi connectivity index (χ1v) is 5.69. The molecule has 2 aliphatic heterocycles. The van der Waals surface area contributed by atoms with Crippen molar-refractivity contribution in [1.29, 1.82) is 0 Å². The lowest BCUT2D eigenvalue weighted by Gasteiger charge is -2.35. The number of azide groups is 1. The van der Waals surface area contributed by atoms with E-state index in [0.717, 1.165) is 4.90 Å². The van der Waals surface area contributed by atoms with Crippen LogP contribution in [0.3, 0.4) is 0 Å². The Bertz CT molecular complexity index is 479. The molecule has 110 valence electrons. The van der Waals surface area contributed by atoms with Crippen LogP contribution >= 0.6 is 0 Å². The number of aliphatic hydroxyl groups excluding tert-OH is 3. The van der Waals surface area contributed by atoms with Gasteiger partial charge in [0.2, 0.25) is 0 Å². The molecule has 2 aliphatic rings. The number of nitrogens with one attached hydrogen (secondary N) is 1. The Morgan fingerprint density at radius 3 is 2.80 bits per heavy atom. The van der Waals surface area contributed by atoms with E-state index in [-0.39, 0.29) is 0 Å². The van der Waals surface area contributed by atoms with Crippen molar-refractivity contribution in [3.05, 3.63) is 22.7 Å². The molecule has 1 saturated heterocycles. The van der Waals surface area contributed by atoms with Crippen molar-refractivity contribution in [2.45, 2.75) is 30.3 Å². The molecule has 1 unspecified atom stereocenters. The molecule has 2 rings (SSSR count). The molecule has 11 nitrogen and oxygen atoms in total. The maximum atomic E-state index is 11.9. The van der Waals surface area contributed by atoms with Gasteiger partial charge in [-0.2, -0.15) is 0 Å². The molecule has 0 spiro atoms. The molecule has 1 fully saturated rings. The van der Waals surface area contributed by atoms with Gasteiger partial charge in [-0.3, -0.25) is 4.90 Å². The number of rotatable bonds is 3. The largest absolute Gasteiger partial charge is 0.394 e. The summed E-state index contributed by atoms with van der Waals surface area (Å²) in [6.07, 6.45) is -2.54. The summed E-state index contributed by atoms with van der Waals surface area (Å²) in [5, 5.41) is 33.8. The normalized spacial score (nSPS) is 40.4. The van der Waals surface area contributed by atoms with Crippen molar-refractivity contribution in [3.8, 4) is 0 Å². The average Bonchev–Trinajstić information content (AvgIpc) is 2.66. The zero-order chi connectivity index (χ0) is 14.9. The van der Waals surface area contributed by atoms with Gasteiger partial charge in [0.15, 0.2) is 12.0 Å². The van der Waals surface area contributed by atoms with Crippen molar-refractivity contribution < 1.29 is 24.9 Å². The summed E-state index contributed by atoms with van der Waals surface area (Å²) in [5.41, 5.74) is 13.9. The van der Waals surface area contributed by atoms with Gasteiger partial charge in [-0.15, -0.1) is 0 Å². The number of nitrogens with two attached hydrogens (primary N) is 1. The number of amides is 2.